The van der Waals surface area contributed by atoms with Crippen molar-refractivity contribution in [3.05, 3.63) is 29.8 Å². The number of benzene rings is 1. The van der Waals surface area contributed by atoms with E-state index >= 15 is 0 Å². The third-order valence-electron chi connectivity index (χ3n) is 4.29. The maximum Gasteiger partial charge on any atom is 0.322 e. The van der Waals surface area contributed by atoms with Gasteiger partial charge < -0.3 is 15.0 Å². The summed E-state index contributed by atoms with van der Waals surface area (Å²) in [5.74, 6) is -3.68. The summed E-state index contributed by atoms with van der Waals surface area (Å²) in [5, 5.41) is 24.5. The Bertz CT molecular complexity index is 823. The minimum atomic E-state index is -4.37. The van der Waals surface area contributed by atoms with Gasteiger partial charge in [-0.05, 0) is 37.8 Å². The molecule has 10 nitrogen and oxygen atoms in total. The number of carbonyl (C=O) groups excluding carboxylic acids is 1. The van der Waals surface area contributed by atoms with Crippen LogP contribution in [0.2, 0.25) is 0 Å². The molecule has 26 heavy (non-hydrogen) atoms. The number of sulfonamides is 1. The fraction of sp³-hybridized carbons (Fsp3) is 0.467. The van der Waals surface area contributed by atoms with E-state index in [0.717, 1.165) is 5.56 Å². The first-order valence-electron chi connectivity index (χ1n) is 7.75. The summed E-state index contributed by atoms with van der Waals surface area (Å²) >= 11 is 0. The molecule has 1 heterocycles. The number of hydrogen-bond acceptors (Lipinski definition) is 7. The number of carbonyl (C=O) groups is 2. The lowest BCUT2D eigenvalue weighted by Gasteiger charge is -2.41. The highest BCUT2D eigenvalue weighted by atomic mass is 32.2. The van der Waals surface area contributed by atoms with E-state index in [1.165, 1.54) is 24.3 Å². The minimum absolute atomic E-state index is 0.0600. The van der Waals surface area contributed by atoms with Crippen LogP contribution in [0.4, 0.5) is 0 Å². The number of hydrogen-bond donors (Lipinski definition) is 2. The second kappa shape index (κ2) is 7.73. The van der Waals surface area contributed by atoms with E-state index in [0.29, 0.717) is 4.31 Å². The summed E-state index contributed by atoms with van der Waals surface area (Å²) in [6.45, 7) is 1.70. The zero-order chi connectivity index (χ0) is 19.5. The van der Waals surface area contributed by atoms with Crippen LogP contribution in [-0.4, -0.2) is 48.4 Å². The van der Waals surface area contributed by atoms with Gasteiger partial charge in [0, 0.05) is 0 Å². The highest BCUT2D eigenvalue weighted by molar-refractivity contribution is 7.89. The van der Waals surface area contributed by atoms with E-state index in [-0.39, 0.29) is 24.3 Å². The van der Waals surface area contributed by atoms with E-state index in [9.17, 15) is 28.2 Å². The summed E-state index contributed by atoms with van der Waals surface area (Å²) in [6, 6.07) is 2.45. The molecule has 0 aromatic heterocycles. The van der Waals surface area contributed by atoms with Crippen molar-refractivity contribution in [1.29, 1.82) is 5.53 Å². The Hall–Kier alpha value is -2.62. The predicted octanol–water partition coefficient (Wildman–Crippen LogP) is -0.482. The fourth-order valence-electron chi connectivity index (χ4n) is 3.03. The Morgan fingerprint density at radius 3 is 2.38 bits per heavy atom. The van der Waals surface area contributed by atoms with Crippen LogP contribution >= 0.6 is 0 Å². The van der Waals surface area contributed by atoms with Gasteiger partial charge in [-0.2, -0.15) is 4.31 Å². The highest BCUT2D eigenvalue weighted by Crippen LogP contribution is 2.33. The van der Waals surface area contributed by atoms with Gasteiger partial charge in [-0.25, -0.2) is 8.42 Å². The van der Waals surface area contributed by atoms with Crippen molar-refractivity contribution in [2.45, 2.75) is 36.7 Å². The molecule has 0 aliphatic carbocycles. The second-order valence-corrected chi connectivity index (χ2v) is 7.94. The zero-order valence-electron chi connectivity index (χ0n) is 13.9. The molecule has 2 rings (SSSR count). The highest BCUT2D eigenvalue weighted by Gasteiger charge is 2.47. The number of rotatable bonds is 6. The first-order valence-corrected chi connectivity index (χ1v) is 9.19. The second-order valence-electron chi connectivity index (χ2n) is 6.10. The number of carboxylic acids is 2. The molecular weight excluding hydrogens is 364 g/mol. The molecule has 3 unspecified atom stereocenters. The topological polar surface area (TPSA) is 165 Å². The molecule has 0 bridgehead atoms. The number of carboxylic acid groups (broad SMARTS) is 2. The van der Waals surface area contributed by atoms with E-state index in [4.69, 9.17) is 5.53 Å². The van der Waals surface area contributed by atoms with Gasteiger partial charge in [-0.3, -0.25) is 4.79 Å². The van der Waals surface area contributed by atoms with E-state index in [1.54, 1.807) is 6.92 Å². The van der Waals surface area contributed by atoms with Crippen molar-refractivity contribution in [2.24, 2.45) is 11.0 Å². The first kappa shape index (κ1) is 19.7. The molecule has 0 saturated carbocycles. The molecule has 0 radical (unpaired) electrons. The number of nitrogens with one attached hydrogen (secondary N) is 1. The van der Waals surface area contributed by atoms with Gasteiger partial charge in [0.15, 0.2) is 0 Å². The summed E-state index contributed by atoms with van der Waals surface area (Å²) < 4.78 is 26.4. The van der Waals surface area contributed by atoms with Crippen LogP contribution in [0.1, 0.15) is 18.4 Å². The Labute approximate surface area is 149 Å². The lowest BCUT2D eigenvalue weighted by atomic mass is 9.87. The van der Waals surface area contributed by atoms with Crippen molar-refractivity contribution in [3.63, 3.8) is 0 Å². The van der Waals surface area contributed by atoms with Crippen molar-refractivity contribution in [3.8, 4) is 0 Å². The zero-order valence-corrected chi connectivity index (χ0v) is 14.7. The molecule has 1 aliphatic heterocycles. The van der Waals surface area contributed by atoms with E-state index in [2.05, 4.69) is 10.0 Å². The quantitative estimate of drug-likeness (QED) is 0.498. The van der Waals surface area contributed by atoms with E-state index < -0.39 is 40.0 Å². The first-order chi connectivity index (χ1) is 12.2. The van der Waals surface area contributed by atoms with Gasteiger partial charge in [-0.15, -0.1) is 0 Å². The largest absolute Gasteiger partial charge is 0.548 e. The van der Waals surface area contributed by atoms with Gasteiger partial charge in [0.2, 0.25) is 14.9 Å². The van der Waals surface area contributed by atoms with Gasteiger partial charge >= 0.3 is 5.97 Å². The maximum atomic E-state index is 12.9. The summed E-state index contributed by atoms with van der Waals surface area (Å²) in [4.78, 5) is 25.9. The van der Waals surface area contributed by atoms with Crippen LogP contribution in [0.3, 0.4) is 0 Å². The Kier molecular flexibility index (Phi) is 5.86. The summed E-state index contributed by atoms with van der Waals surface area (Å²) in [6.07, 6.45) is -0.306. The molecule has 0 spiro atoms. The lowest BCUT2D eigenvalue weighted by molar-refractivity contribution is -0.312. The van der Waals surface area contributed by atoms with Crippen LogP contribution in [0.5, 0.6) is 0 Å². The molecule has 2 N–H and O–H groups in total. The third kappa shape index (κ3) is 3.96. The molecule has 1 aromatic carbocycles. The molecule has 3 atom stereocenters. The van der Waals surface area contributed by atoms with Crippen LogP contribution in [0, 0.1) is 18.4 Å². The van der Waals surface area contributed by atoms with Crippen molar-refractivity contribution >= 4 is 22.0 Å². The molecule has 140 valence electrons. The fourth-order valence-corrected chi connectivity index (χ4v) is 4.78. The monoisotopic (exact) mass is 382 g/mol. The van der Waals surface area contributed by atoms with Crippen molar-refractivity contribution < 1.29 is 28.2 Å². The standard InChI is InChI=1S/C15H18N4O6S/c1-9-2-4-11(5-3-9)26(24,25)19-12(14(20)21)6-10(8-17-18-16)7-13(19)15(22)23/h2-5,10,12-13,16H,6-8H2,1H3,(H-,20,21,22,23). The molecule has 1 aliphatic rings. The van der Waals surface area contributed by atoms with E-state index in [1.807, 2.05) is 0 Å². The number of piperidine rings is 1. The molecular formula is C15H18N4O6S. The number of aryl methyl sites for hydroxylation is 1. The van der Waals surface area contributed by atoms with Gasteiger partial charge in [0.25, 0.3) is 0 Å². The van der Waals surface area contributed by atoms with Gasteiger partial charge in [0.1, 0.15) is 23.2 Å². The molecule has 1 aromatic rings. The summed E-state index contributed by atoms with van der Waals surface area (Å²) in [5.41, 5.74) is 7.47. The van der Waals surface area contributed by atoms with Crippen molar-refractivity contribution in [1.82, 2.24) is 9.22 Å². The Morgan fingerprint density at radius 2 is 1.88 bits per heavy atom. The van der Waals surface area contributed by atoms with Gasteiger partial charge in [0.05, 0.1) is 16.9 Å². The molecule has 11 heteroatoms. The van der Waals surface area contributed by atoms with Crippen LogP contribution in [0.25, 0.3) is 0 Å². The molecule has 1 saturated heterocycles. The van der Waals surface area contributed by atoms with Crippen molar-refractivity contribution in [2.75, 3.05) is 6.54 Å². The number of nitrogens with zero attached hydrogens (tertiary/aromatic N) is 3. The van der Waals surface area contributed by atoms with Crippen LogP contribution in [0.15, 0.2) is 34.3 Å². The maximum absolute atomic E-state index is 12.9. The lowest BCUT2D eigenvalue weighted by Crippen LogP contribution is -2.60. The van der Waals surface area contributed by atoms with Crippen LogP contribution < -0.4 is 10.0 Å². The minimum Gasteiger partial charge on any atom is -0.548 e. The smallest absolute Gasteiger partial charge is 0.322 e. The summed E-state index contributed by atoms with van der Waals surface area (Å²) in [7, 11) is -4.37. The normalized spacial score (nSPS) is 23.8. The predicted molar refractivity (Wildman–Crippen MR) is 85.3 cm³/mol. The average molecular weight is 382 g/mol. The SMILES string of the molecule is Cc1ccc(S(=O)(=O)N2C(C(=O)[O-])CC(CN=[N+]=N)CC2C(=O)O)cc1. The molecule has 0 amide bonds. The van der Waals surface area contributed by atoms with Crippen LogP contribution in [-0.2, 0) is 19.6 Å². The average Bonchev–Trinajstić information content (AvgIpc) is 2.59. The third-order valence-corrected chi connectivity index (χ3v) is 6.22. The Balaban J connectivity index is 2.50. The molecule has 1 fully saturated rings. The van der Waals surface area contributed by atoms with Gasteiger partial charge in [-0.1, -0.05) is 17.7 Å². The number of aliphatic carboxylic acids is 2. The Morgan fingerprint density at radius 1 is 1.31 bits per heavy atom.